The summed E-state index contributed by atoms with van der Waals surface area (Å²) in [4.78, 5) is 22.9. The molecule has 2 aliphatic heterocycles. The summed E-state index contributed by atoms with van der Waals surface area (Å²) in [5.41, 5.74) is 6.80. The van der Waals surface area contributed by atoms with Gasteiger partial charge < -0.3 is 5.01 Å². The standard InChI is InChI=1S/C26H28N6O/c1-18-8-6-9-22(28-18)25-24(23-10-7-15-31(23)29-25)19-11-12-21-20(16-19)26(33)32(17-27-21)30-13-4-2-3-5-14-30/h6,8-9,11-12,16-17H,2-5,7,10,13-15H2,1H3. The maximum Gasteiger partial charge on any atom is 0.279 e. The molecule has 1 aromatic carbocycles. The molecule has 2 aliphatic rings. The number of nitrogens with zero attached hydrogens (tertiary/aromatic N) is 6. The van der Waals surface area contributed by atoms with Crippen LogP contribution in [0.1, 0.15) is 43.5 Å². The van der Waals surface area contributed by atoms with Gasteiger partial charge in [0.25, 0.3) is 5.56 Å². The number of fused-ring (bicyclic) bond motifs is 2. The van der Waals surface area contributed by atoms with Gasteiger partial charge in [-0.05, 0) is 62.4 Å². The molecule has 4 aromatic rings. The molecule has 5 heterocycles. The Bertz CT molecular complexity index is 1390. The zero-order chi connectivity index (χ0) is 22.4. The first-order valence-corrected chi connectivity index (χ1v) is 12.0. The minimum atomic E-state index is 0.00259. The van der Waals surface area contributed by atoms with Crippen LogP contribution in [0.3, 0.4) is 0 Å². The van der Waals surface area contributed by atoms with Crippen LogP contribution in [0.15, 0.2) is 47.5 Å². The molecule has 7 nitrogen and oxygen atoms in total. The molecule has 0 N–H and O–H groups in total. The lowest BCUT2D eigenvalue weighted by atomic mass is 9.98. The van der Waals surface area contributed by atoms with Crippen LogP contribution in [0.25, 0.3) is 33.4 Å². The second-order valence-corrected chi connectivity index (χ2v) is 9.16. The summed E-state index contributed by atoms with van der Waals surface area (Å²) in [5.74, 6) is 0. The summed E-state index contributed by atoms with van der Waals surface area (Å²) in [6, 6.07) is 12.1. The second kappa shape index (κ2) is 8.14. The van der Waals surface area contributed by atoms with E-state index in [9.17, 15) is 4.79 Å². The predicted octanol–water partition coefficient (Wildman–Crippen LogP) is 4.09. The van der Waals surface area contributed by atoms with E-state index in [1.165, 1.54) is 18.5 Å². The fraction of sp³-hybridized carbons (Fsp3) is 0.385. The molecule has 0 radical (unpaired) electrons. The molecule has 0 atom stereocenters. The van der Waals surface area contributed by atoms with Gasteiger partial charge in [0.2, 0.25) is 0 Å². The van der Waals surface area contributed by atoms with Crippen LogP contribution in [0.4, 0.5) is 0 Å². The number of rotatable bonds is 3. The van der Waals surface area contributed by atoms with E-state index in [-0.39, 0.29) is 5.56 Å². The number of pyridine rings is 1. The number of benzene rings is 1. The maximum atomic E-state index is 13.5. The van der Waals surface area contributed by atoms with Crippen LogP contribution in [-0.4, -0.2) is 37.5 Å². The zero-order valence-electron chi connectivity index (χ0n) is 19.0. The Labute approximate surface area is 192 Å². The van der Waals surface area contributed by atoms with E-state index in [0.717, 1.165) is 79.0 Å². The maximum absolute atomic E-state index is 13.5. The van der Waals surface area contributed by atoms with Crippen molar-refractivity contribution in [2.24, 2.45) is 0 Å². The predicted molar refractivity (Wildman–Crippen MR) is 130 cm³/mol. The normalized spacial score (nSPS) is 16.2. The van der Waals surface area contributed by atoms with E-state index in [4.69, 9.17) is 10.1 Å². The Morgan fingerprint density at radius 3 is 2.61 bits per heavy atom. The van der Waals surface area contributed by atoms with Crippen molar-refractivity contribution < 1.29 is 0 Å². The van der Waals surface area contributed by atoms with Gasteiger partial charge >= 0.3 is 0 Å². The third-order valence-corrected chi connectivity index (χ3v) is 6.89. The highest BCUT2D eigenvalue weighted by Crippen LogP contribution is 2.37. The zero-order valence-corrected chi connectivity index (χ0v) is 19.0. The summed E-state index contributed by atoms with van der Waals surface area (Å²) in [6.45, 7) is 4.71. The van der Waals surface area contributed by atoms with E-state index in [0.29, 0.717) is 5.39 Å². The van der Waals surface area contributed by atoms with Gasteiger partial charge in [0.15, 0.2) is 0 Å². The molecule has 33 heavy (non-hydrogen) atoms. The number of aromatic nitrogens is 5. The molecule has 0 amide bonds. The van der Waals surface area contributed by atoms with Crippen LogP contribution < -0.4 is 10.6 Å². The lowest BCUT2D eigenvalue weighted by molar-refractivity contribution is 0.569. The summed E-state index contributed by atoms with van der Waals surface area (Å²) >= 11 is 0. The molecular weight excluding hydrogens is 412 g/mol. The van der Waals surface area contributed by atoms with E-state index in [1.54, 1.807) is 11.0 Å². The van der Waals surface area contributed by atoms with Crippen molar-refractivity contribution in [1.29, 1.82) is 0 Å². The minimum Gasteiger partial charge on any atom is -0.309 e. The first kappa shape index (κ1) is 20.1. The van der Waals surface area contributed by atoms with Crippen molar-refractivity contribution in [1.82, 2.24) is 24.4 Å². The summed E-state index contributed by atoms with van der Waals surface area (Å²) in [6.07, 6.45) is 8.43. The molecule has 168 valence electrons. The van der Waals surface area contributed by atoms with Crippen molar-refractivity contribution in [3.63, 3.8) is 0 Å². The number of hydrogen-bond acceptors (Lipinski definition) is 5. The quantitative estimate of drug-likeness (QED) is 0.480. The molecule has 0 aliphatic carbocycles. The highest BCUT2D eigenvalue weighted by Gasteiger charge is 2.25. The average molecular weight is 441 g/mol. The van der Waals surface area contributed by atoms with Crippen molar-refractivity contribution in [3.05, 3.63) is 64.5 Å². The fourth-order valence-electron chi connectivity index (χ4n) is 5.23. The summed E-state index contributed by atoms with van der Waals surface area (Å²) < 4.78 is 3.83. The molecule has 1 fully saturated rings. The molecule has 0 unspecified atom stereocenters. The Hall–Kier alpha value is -3.48. The van der Waals surface area contributed by atoms with E-state index < -0.39 is 0 Å². The van der Waals surface area contributed by atoms with Gasteiger partial charge in [-0.1, -0.05) is 25.0 Å². The Morgan fingerprint density at radius 2 is 1.79 bits per heavy atom. The topological polar surface area (TPSA) is 68.8 Å². The van der Waals surface area contributed by atoms with Gasteiger partial charge in [0, 0.05) is 36.6 Å². The van der Waals surface area contributed by atoms with Gasteiger partial charge in [0.05, 0.1) is 16.6 Å². The summed E-state index contributed by atoms with van der Waals surface area (Å²) in [5, 5.41) is 7.73. The van der Waals surface area contributed by atoms with E-state index in [2.05, 4.69) is 20.7 Å². The third-order valence-electron chi connectivity index (χ3n) is 6.89. The van der Waals surface area contributed by atoms with Gasteiger partial charge in [-0.2, -0.15) is 5.10 Å². The number of hydrogen-bond donors (Lipinski definition) is 0. The van der Waals surface area contributed by atoms with Gasteiger partial charge in [-0.3, -0.25) is 14.5 Å². The fourth-order valence-corrected chi connectivity index (χ4v) is 5.23. The average Bonchev–Trinajstić information content (AvgIpc) is 3.31. The lowest BCUT2D eigenvalue weighted by Gasteiger charge is -2.24. The highest BCUT2D eigenvalue weighted by atomic mass is 16.1. The largest absolute Gasteiger partial charge is 0.309 e. The SMILES string of the molecule is Cc1cccc(-c2nn3c(c2-c2ccc4ncn(N5CCCCCC5)c(=O)c4c2)CCC3)n1. The van der Waals surface area contributed by atoms with Crippen LogP contribution in [0.5, 0.6) is 0 Å². The van der Waals surface area contributed by atoms with Crippen LogP contribution >= 0.6 is 0 Å². The highest BCUT2D eigenvalue weighted by molar-refractivity contribution is 5.89. The Kier molecular flexibility index (Phi) is 4.97. The monoisotopic (exact) mass is 440 g/mol. The van der Waals surface area contributed by atoms with Gasteiger partial charge in [0.1, 0.15) is 12.0 Å². The molecule has 3 aromatic heterocycles. The van der Waals surface area contributed by atoms with Crippen molar-refractivity contribution in [2.45, 2.75) is 52.0 Å². The lowest BCUT2D eigenvalue weighted by Crippen LogP contribution is -2.42. The van der Waals surface area contributed by atoms with Crippen LogP contribution in [0.2, 0.25) is 0 Å². The minimum absolute atomic E-state index is 0.00259. The van der Waals surface area contributed by atoms with Crippen LogP contribution in [0, 0.1) is 6.92 Å². The first-order chi connectivity index (χ1) is 16.2. The van der Waals surface area contributed by atoms with Gasteiger partial charge in [-0.25, -0.2) is 9.66 Å². The molecule has 0 spiro atoms. The first-order valence-electron chi connectivity index (χ1n) is 12.0. The molecule has 1 saturated heterocycles. The second-order valence-electron chi connectivity index (χ2n) is 9.16. The van der Waals surface area contributed by atoms with E-state index in [1.807, 2.05) is 37.3 Å². The summed E-state index contributed by atoms with van der Waals surface area (Å²) in [7, 11) is 0. The molecule has 7 heteroatoms. The van der Waals surface area contributed by atoms with Crippen molar-refractivity contribution in [3.8, 4) is 22.5 Å². The molecule has 0 saturated carbocycles. The van der Waals surface area contributed by atoms with Crippen molar-refractivity contribution in [2.75, 3.05) is 18.1 Å². The Morgan fingerprint density at radius 1 is 0.939 bits per heavy atom. The molecule has 0 bridgehead atoms. The molecule has 6 rings (SSSR count). The number of aryl methyl sites for hydroxylation is 2. The molecular formula is C26H28N6O. The Balaban J connectivity index is 1.51. The van der Waals surface area contributed by atoms with Crippen LogP contribution in [-0.2, 0) is 13.0 Å². The van der Waals surface area contributed by atoms with Gasteiger partial charge in [-0.15, -0.1) is 0 Å². The van der Waals surface area contributed by atoms with E-state index >= 15 is 0 Å². The smallest absolute Gasteiger partial charge is 0.279 e. The third kappa shape index (κ3) is 3.52. The van der Waals surface area contributed by atoms with Crippen molar-refractivity contribution >= 4 is 10.9 Å².